The molecule has 0 saturated heterocycles. The first-order chi connectivity index (χ1) is 16.7. The van der Waals surface area contributed by atoms with Crippen LogP contribution in [0.25, 0.3) is 22.4 Å². The normalized spacial score (nSPS) is 10.8. The van der Waals surface area contributed by atoms with Gasteiger partial charge in [0.1, 0.15) is 11.6 Å². The average molecular weight is 448 g/mol. The van der Waals surface area contributed by atoms with Crippen LogP contribution in [-0.2, 0) is 6.42 Å². The van der Waals surface area contributed by atoms with Gasteiger partial charge < -0.3 is 10.3 Å². The maximum absolute atomic E-state index is 12.3. The van der Waals surface area contributed by atoms with Gasteiger partial charge in [-0.3, -0.25) is 19.6 Å². The van der Waals surface area contributed by atoms with Crippen LogP contribution in [0.4, 0.5) is 5.82 Å². The summed E-state index contributed by atoms with van der Waals surface area (Å²) in [4.78, 5) is 44.8. The Hall–Kier alpha value is -4.72. The van der Waals surface area contributed by atoms with Crippen molar-refractivity contribution in [2.24, 2.45) is 0 Å². The molecule has 34 heavy (non-hydrogen) atoms. The number of ketones is 1. The van der Waals surface area contributed by atoms with Crippen molar-refractivity contribution in [3.05, 3.63) is 102 Å². The third-order valence-electron chi connectivity index (χ3n) is 5.40. The summed E-state index contributed by atoms with van der Waals surface area (Å²) in [5, 5.41) is 2.77. The summed E-state index contributed by atoms with van der Waals surface area (Å²) < 4.78 is 0. The molecule has 0 aliphatic heterocycles. The number of imidazole rings is 1. The highest BCUT2D eigenvalue weighted by atomic mass is 16.1. The maximum atomic E-state index is 12.3. The lowest BCUT2D eigenvalue weighted by Crippen LogP contribution is -2.12. The molecule has 0 atom stereocenters. The number of pyridine rings is 3. The number of Topliss-reactive ketones (excluding diaryl/α,β-unsaturated/α-hetero) is 1. The molecule has 1 aromatic carbocycles. The van der Waals surface area contributed by atoms with Gasteiger partial charge in [-0.15, -0.1) is 0 Å². The van der Waals surface area contributed by atoms with Crippen molar-refractivity contribution >= 4 is 28.5 Å². The van der Waals surface area contributed by atoms with Gasteiger partial charge in [-0.1, -0.05) is 24.3 Å². The fourth-order valence-corrected chi connectivity index (χ4v) is 3.57. The molecular weight excluding hydrogens is 428 g/mol. The van der Waals surface area contributed by atoms with Crippen LogP contribution in [-0.4, -0.2) is 36.6 Å². The standard InChI is InChI=1S/C26H20N6O2/c33-23(18-9-12-27-13-10-18)8-5-17-3-6-19(7-4-17)25-30-21-14-24(29-16-22(21)31-25)32-26(34)20-2-1-11-28-15-20/h1-4,6-7,9-16H,5,8H2,(H,30,31)(H,29,32,34). The Morgan fingerprint density at radius 1 is 0.882 bits per heavy atom. The Kier molecular flexibility index (Phi) is 5.85. The first kappa shape index (κ1) is 21.1. The highest BCUT2D eigenvalue weighted by molar-refractivity contribution is 6.04. The van der Waals surface area contributed by atoms with Gasteiger partial charge in [0.25, 0.3) is 5.91 Å². The van der Waals surface area contributed by atoms with Crippen molar-refractivity contribution in [1.29, 1.82) is 0 Å². The number of aromatic amines is 1. The number of carbonyl (C=O) groups is 2. The summed E-state index contributed by atoms with van der Waals surface area (Å²) >= 11 is 0. The largest absolute Gasteiger partial charge is 0.337 e. The van der Waals surface area contributed by atoms with Gasteiger partial charge in [0.2, 0.25) is 0 Å². The number of hydrogen-bond acceptors (Lipinski definition) is 6. The summed E-state index contributed by atoms with van der Waals surface area (Å²) in [6, 6.07) is 16.5. The Morgan fingerprint density at radius 3 is 2.47 bits per heavy atom. The Morgan fingerprint density at radius 2 is 1.71 bits per heavy atom. The average Bonchev–Trinajstić information content (AvgIpc) is 3.32. The lowest BCUT2D eigenvalue weighted by molar-refractivity contribution is 0.0981. The first-order valence-corrected chi connectivity index (χ1v) is 10.8. The van der Waals surface area contributed by atoms with E-state index in [1.54, 1.807) is 55.1 Å². The second-order valence-electron chi connectivity index (χ2n) is 7.72. The van der Waals surface area contributed by atoms with Crippen molar-refractivity contribution in [3.63, 3.8) is 0 Å². The predicted octanol–water partition coefficient (Wildman–Crippen LogP) is 4.48. The highest BCUT2D eigenvalue weighted by Gasteiger charge is 2.11. The van der Waals surface area contributed by atoms with Gasteiger partial charge in [0.05, 0.1) is 22.8 Å². The summed E-state index contributed by atoms with van der Waals surface area (Å²) in [5.74, 6) is 0.928. The zero-order valence-corrected chi connectivity index (χ0v) is 18.1. The van der Waals surface area contributed by atoms with E-state index in [0.29, 0.717) is 41.1 Å². The number of fused-ring (bicyclic) bond motifs is 1. The smallest absolute Gasteiger partial charge is 0.258 e. The van der Waals surface area contributed by atoms with Crippen molar-refractivity contribution in [2.75, 3.05) is 5.32 Å². The van der Waals surface area contributed by atoms with Crippen LogP contribution >= 0.6 is 0 Å². The molecule has 166 valence electrons. The molecule has 0 aliphatic carbocycles. The summed E-state index contributed by atoms with van der Waals surface area (Å²) in [6.07, 6.45) is 9.10. The minimum atomic E-state index is -0.284. The number of aromatic nitrogens is 5. The zero-order valence-electron chi connectivity index (χ0n) is 18.1. The molecule has 8 heteroatoms. The third kappa shape index (κ3) is 4.71. The maximum Gasteiger partial charge on any atom is 0.258 e. The molecule has 0 bridgehead atoms. The van der Waals surface area contributed by atoms with Crippen LogP contribution in [0.15, 0.2) is 85.6 Å². The summed E-state index contributed by atoms with van der Waals surface area (Å²) in [5.41, 5.74) is 4.58. The lowest BCUT2D eigenvalue weighted by Gasteiger charge is -2.03. The van der Waals surface area contributed by atoms with E-state index >= 15 is 0 Å². The van der Waals surface area contributed by atoms with Gasteiger partial charge in [0, 0.05) is 48.4 Å². The number of hydrogen-bond donors (Lipinski definition) is 2. The van der Waals surface area contributed by atoms with Crippen molar-refractivity contribution in [1.82, 2.24) is 24.9 Å². The van der Waals surface area contributed by atoms with Crippen molar-refractivity contribution < 1.29 is 9.59 Å². The Bertz CT molecular complexity index is 1450. The molecule has 0 radical (unpaired) electrons. The number of amides is 1. The van der Waals surface area contributed by atoms with E-state index in [9.17, 15) is 9.59 Å². The van der Waals surface area contributed by atoms with E-state index in [1.165, 1.54) is 6.20 Å². The Labute approximate surface area is 195 Å². The number of benzene rings is 1. The van der Waals surface area contributed by atoms with E-state index in [-0.39, 0.29) is 11.7 Å². The van der Waals surface area contributed by atoms with E-state index in [0.717, 1.165) is 16.6 Å². The third-order valence-corrected chi connectivity index (χ3v) is 5.40. The van der Waals surface area contributed by atoms with Gasteiger partial charge in [0.15, 0.2) is 5.78 Å². The molecule has 0 fully saturated rings. The van der Waals surface area contributed by atoms with Crippen LogP contribution in [0.5, 0.6) is 0 Å². The zero-order chi connectivity index (χ0) is 23.3. The van der Waals surface area contributed by atoms with E-state index in [2.05, 4.69) is 30.2 Å². The number of H-pyrrole nitrogens is 1. The topological polar surface area (TPSA) is 114 Å². The van der Waals surface area contributed by atoms with Crippen molar-refractivity contribution in [2.45, 2.75) is 12.8 Å². The minimum Gasteiger partial charge on any atom is -0.337 e. The van der Waals surface area contributed by atoms with Gasteiger partial charge >= 0.3 is 0 Å². The number of aryl methyl sites for hydroxylation is 1. The minimum absolute atomic E-state index is 0.0997. The van der Waals surface area contributed by atoms with Gasteiger partial charge in [-0.05, 0) is 36.2 Å². The molecular formula is C26H20N6O2. The summed E-state index contributed by atoms with van der Waals surface area (Å²) in [6.45, 7) is 0. The Balaban J connectivity index is 1.26. The molecule has 5 rings (SSSR count). The number of nitrogens with zero attached hydrogens (tertiary/aromatic N) is 4. The van der Waals surface area contributed by atoms with E-state index in [4.69, 9.17) is 0 Å². The van der Waals surface area contributed by atoms with Crippen LogP contribution in [0, 0.1) is 0 Å². The van der Waals surface area contributed by atoms with Crippen molar-refractivity contribution in [3.8, 4) is 11.4 Å². The van der Waals surface area contributed by atoms with Crippen LogP contribution in [0.3, 0.4) is 0 Å². The number of anilines is 1. The molecule has 8 nitrogen and oxygen atoms in total. The van der Waals surface area contributed by atoms with Gasteiger partial charge in [-0.2, -0.15) is 0 Å². The fraction of sp³-hybridized carbons (Fsp3) is 0.0769. The number of carbonyl (C=O) groups excluding carboxylic acids is 2. The monoisotopic (exact) mass is 448 g/mol. The second-order valence-corrected chi connectivity index (χ2v) is 7.72. The summed E-state index contributed by atoms with van der Waals surface area (Å²) in [7, 11) is 0. The van der Waals surface area contributed by atoms with E-state index < -0.39 is 0 Å². The number of nitrogens with one attached hydrogen (secondary N) is 2. The molecule has 0 aliphatic rings. The number of rotatable bonds is 7. The van der Waals surface area contributed by atoms with Crippen LogP contribution < -0.4 is 5.32 Å². The molecule has 1 amide bonds. The van der Waals surface area contributed by atoms with Crippen LogP contribution in [0.2, 0.25) is 0 Å². The molecule has 0 spiro atoms. The predicted molar refractivity (Wildman–Crippen MR) is 128 cm³/mol. The van der Waals surface area contributed by atoms with Gasteiger partial charge in [-0.25, -0.2) is 9.97 Å². The fourth-order valence-electron chi connectivity index (χ4n) is 3.57. The first-order valence-electron chi connectivity index (χ1n) is 10.8. The molecule has 0 saturated carbocycles. The molecule has 4 aromatic heterocycles. The quantitative estimate of drug-likeness (QED) is 0.355. The second kappa shape index (κ2) is 9.41. The highest BCUT2D eigenvalue weighted by Crippen LogP contribution is 2.22. The molecule has 2 N–H and O–H groups in total. The molecule has 0 unspecified atom stereocenters. The SMILES string of the molecule is O=C(CCc1ccc(-c2nc3cc(NC(=O)c4cccnc4)ncc3[nH]2)cc1)c1ccncc1. The lowest BCUT2D eigenvalue weighted by atomic mass is 10.0. The van der Waals surface area contributed by atoms with E-state index in [1.807, 2.05) is 24.3 Å². The molecule has 5 aromatic rings. The van der Waals surface area contributed by atoms with Crippen LogP contribution in [0.1, 0.15) is 32.7 Å². The molecule has 4 heterocycles.